The van der Waals surface area contributed by atoms with Crippen molar-refractivity contribution in [3.8, 4) is 0 Å². The predicted molar refractivity (Wildman–Crippen MR) is 143 cm³/mol. The van der Waals surface area contributed by atoms with Gasteiger partial charge in [-0.3, -0.25) is 0 Å². The minimum absolute atomic E-state index is 0.0212. The topological polar surface area (TPSA) is 36.0 Å². The Labute approximate surface area is 218 Å². The van der Waals surface area contributed by atoms with E-state index in [1.807, 2.05) is 44.2 Å². The molecule has 1 amide bonds. The lowest BCUT2D eigenvalue weighted by atomic mass is 9.94. The van der Waals surface area contributed by atoms with Crippen LogP contribution in [0.3, 0.4) is 0 Å². The van der Waals surface area contributed by atoms with Gasteiger partial charge in [-0.1, -0.05) is 40.9 Å². The molecule has 2 aliphatic heterocycles. The molecule has 1 unspecified atom stereocenters. The molecule has 0 saturated carbocycles. The number of piperazine rings is 1. The van der Waals surface area contributed by atoms with Crippen molar-refractivity contribution >= 4 is 46.6 Å². The summed E-state index contributed by atoms with van der Waals surface area (Å²) in [5, 5.41) is 2.18. The zero-order valence-electron chi connectivity index (χ0n) is 20.1. The van der Waals surface area contributed by atoms with E-state index in [1.165, 1.54) is 18.5 Å². The lowest BCUT2D eigenvalue weighted by Gasteiger charge is -2.38. The number of likely N-dealkylation sites (N-methyl/N-ethyl adjacent to an activating group) is 1. The number of rotatable bonds is 3. The standard InChI is InChI=1S/C17H16Cl3N.C9H18N2O2/c18-12-4-7-14(8-5-12)21-10-2-1-3-17(21)15-9-6-13(19)11-16(15)20;1-8(2)13-9(12)11-6-4-10(3)5-7-11/h4-9,11,17H,1-3,10H2;8H,4-7H2,1-3H3. The highest BCUT2D eigenvalue weighted by Gasteiger charge is 2.26. The largest absolute Gasteiger partial charge is 0.447 e. The summed E-state index contributed by atoms with van der Waals surface area (Å²) in [4.78, 5) is 17.8. The fourth-order valence-electron chi connectivity index (χ4n) is 4.23. The first-order valence-electron chi connectivity index (χ1n) is 11.9. The lowest BCUT2D eigenvalue weighted by Crippen LogP contribution is -2.47. The molecule has 2 fully saturated rings. The van der Waals surface area contributed by atoms with Crippen molar-refractivity contribution in [2.24, 2.45) is 0 Å². The first-order chi connectivity index (χ1) is 16.2. The van der Waals surface area contributed by atoms with Crippen LogP contribution in [0.5, 0.6) is 0 Å². The van der Waals surface area contributed by atoms with Crippen molar-refractivity contribution in [3.63, 3.8) is 0 Å². The second kappa shape index (κ2) is 12.9. The number of ether oxygens (including phenoxy) is 1. The average Bonchev–Trinajstić information content (AvgIpc) is 2.80. The van der Waals surface area contributed by atoms with Gasteiger partial charge in [0.1, 0.15) is 0 Å². The van der Waals surface area contributed by atoms with Crippen LogP contribution in [0, 0.1) is 0 Å². The molecule has 0 aromatic heterocycles. The van der Waals surface area contributed by atoms with E-state index in [0.29, 0.717) is 11.1 Å². The Bertz CT molecular complexity index is 931. The second-order valence-electron chi connectivity index (χ2n) is 9.07. The van der Waals surface area contributed by atoms with E-state index in [2.05, 4.69) is 29.0 Å². The first-order valence-corrected chi connectivity index (χ1v) is 13.0. The van der Waals surface area contributed by atoms with Gasteiger partial charge < -0.3 is 19.4 Å². The molecule has 0 spiro atoms. The van der Waals surface area contributed by atoms with Crippen molar-refractivity contribution in [2.45, 2.75) is 45.3 Å². The molecule has 2 saturated heterocycles. The van der Waals surface area contributed by atoms with Gasteiger partial charge in [-0.05, 0) is 82.1 Å². The maximum Gasteiger partial charge on any atom is 0.410 e. The molecule has 2 heterocycles. The molecular weight excluding hydrogens is 493 g/mol. The molecule has 4 rings (SSSR count). The summed E-state index contributed by atoms with van der Waals surface area (Å²) in [6, 6.07) is 14.1. The van der Waals surface area contributed by atoms with E-state index in [4.69, 9.17) is 39.5 Å². The van der Waals surface area contributed by atoms with Gasteiger partial charge in [-0.15, -0.1) is 0 Å². The van der Waals surface area contributed by atoms with Crippen molar-refractivity contribution in [3.05, 3.63) is 63.1 Å². The summed E-state index contributed by atoms with van der Waals surface area (Å²) in [7, 11) is 2.06. The molecule has 2 aromatic carbocycles. The number of hydrogen-bond donors (Lipinski definition) is 0. The Balaban J connectivity index is 0.000000215. The van der Waals surface area contributed by atoms with Crippen LogP contribution in [0.1, 0.15) is 44.7 Å². The molecule has 0 N–H and O–H groups in total. The maximum atomic E-state index is 11.4. The van der Waals surface area contributed by atoms with Gasteiger partial charge in [0.25, 0.3) is 0 Å². The zero-order chi connectivity index (χ0) is 24.7. The highest BCUT2D eigenvalue weighted by atomic mass is 35.5. The zero-order valence-corrected chi connectivity index (χ0v) is 22.4. The Morgan fingerprint density at radius 3 is 2.18 bits per heavy atom. The quantitative estimate of drug-likeness (QED) is 0.425. The number of benzene rings is 2. The molecule has 0 bridgehead atoms. The van der Waals surface area contributed by atoms with E-state index in [1.54, 1.807) is 4.90 Å². The number of piperidine rings is 1. The molecule has 2 aromatic rings. The summed E-state index contributed by atoms with van der Waals surface area (Å²) in [5.41, 5.74) is 2.34. The van der Waals surface area contributed by atoms with E-state index < -0.39 is 0 Å². The number of carbonyl (C=O) groups excluding carboxylic acids is 1. The summed E-state index contributed by atoms with van der Waals surface area (Å²) in [6.45, 7) is 8.21. The van der Waals surface area contributed by atoms with Crippen molar-refractivity contribution < 1.29 is 9.53 Å². The Morgan fingerprint density at radius 2 is 1.56 bits per heavy atom. The van der Waals surface area contributed by atoms with Crippen LogP contribution >= 0.6 is 34.8 Å². The third kappa shape index (κ3) is 7.67. The Kier molecular flexibility index (Phi) is 10.2. The molecular formula is C26H34Cl3N3O2. The number of carbonyl (C=O) groups is 1. The molecule has 1 atom stereocenters. The highest BCUT2D eigenvalue weighted by Crippen LogP contribution is 2.38. The van der Waals surface area contributed by atoms with Crippen LogP contribution in [-0.4, -0.2) is 61.8 Å². The number of anilines is 1. The van der Waals surface area contributed by atoms with Crippen LogP contribution in [0.25, 0.3) is 0 Å². The van der Waals surface area contributed by atoms with Crippen LogP contribution in [0.2, 0.25) is 15.1 Å². The van der Waals surface area contributed by atoms with Crippen LogP contribution in [-0.2, 0) is 4.74 Å². The van der Waals surface area contributed by atoms with E-state index in [0.717, 1.165) is 54.8 Å². The highest BCUT2D eigenvalue weighted by molar-refractivity contribution is 6.35. The smallest absolute Gasteiger partial charge is 0.410 e. The lowest BCUT2D eigenvalue weighted by molar-refractivity contribution is 0.0612. The van der Waals surface area contributed by atoms with Gasteiger partial charge >= 0.3 is 6.09 Å². The molecule has 34 heavy (non-hydrogen) atoms. The van der Waals surface area contributed by atoms with Crippen LogP contribution in [0.4, 0.5) is 10.5 Å². The van der Waals surface area contributed by atoms with Crippen molar-refractivity contribution in [2.75, 3.05) is 44.7 Å². The fraction of sp³-hybridized carbons (Fsp3) is 0.500. The van der Waals surface area contributed by atoms with Crippen LogP contribution in [0.15, 0.2) is 42.5 Å². The number of halogens is 3. The van der Waals surface area contributed by atoms with Gasteiger partial charge in [-0.25, -0.2) is 4.79 Å². The molecule has 0 radical (unpaired) electrons. The monoisotopic (exact) mass is 525 g/mol. The number of hydrogen-bond acceptors (Lipinski definition) is 4. The van der Waals surface area contributed by atoms with Gasteiger partial charge in [0.2, 0.25) is 0 Å². The predicted octanol–water partition coefficient (Wildman–Crippen LogP) is 7.16. The summed E-state index contributed by atoms with van der Waals surface area (Å²) < 4.78 is 5.09. The van der Waals surface area contributed by atoms with Crippen molar-refractivity contribution in [1.82, 2.24) is 9.80 Å². The molecule has 186 valence electrons. The molecule has 2 aliphatic rings. The van der Waals surface area contributed by atoms with Gasteiger partial charge in [0, 0.05) is 53.5 Å². The minimum atomic E-state index is -0.178. The summed E-state index contributed by atoms with van der Waals surface area (Å²) in [6.07, 6.45) is 3.32. The van der Waals surface area contributed by atoms with E-state index in [-0.39, 0.29) is 12.2 Å². The third-order valence-corrected chi connectivity index (χ3v) is 6.89. The SMILES string of the molecule is CC(C)OC(=O)N1CCN(C)CC1.Clc1ccc(N2CCCCC2c2ccc(Cl)cc2Cl)cc1. The third-order valence-electron chi connectivity index (χ3n) is 6.08. The van der Waals surface area contributed by atoms with Crippen molar-refractivity contribution in [1.29, 1.82) is 0 Å². The minimum Gasteiger partial charge on any atom is -0.447 e. The van der Waals surface area contributed by atoms with Crippen LogP contribution < -0.4 is 4.90 Å². The first kappa shape index (κ1) is 26.9. The molecule has 8 heteroatoms. The Morgan fingerprint density at radius 1 is 0.912 bits per heavy atom. The second-order valence-corrected chi connectivity index (χ2v) is 10.4. The maximum absolute atomic E-state index is 11.4. The van der Waals surface area contributed by atoms with E-state index in [9.17, 15) is 4.79 Å². The normalized spacial score (nSPS) is 19.0. The molecule has 0 aliphatic carbocycles. The number of nitrogens with zero attached hydrogens (tertiary/aromatic N) is 3. The van der Waals surface area contributed by atoms with Gasteiger partial charge in [0.05, 0.1) is 12.1 Å². The summed E-state index contributed by atoms with van der Waals surface area (Å²) >= 11 is 18.4. The summed E-state index contributed by atoms with van der Waals surface area (Å²) in [5.74, 6) is 0. The fourth-order valence-corrected chi connectivity index (χ4v) is 4.89. The van der Waals surface area contributed by atoms with Gasteiger partial charge in [0.15, 0.2) is 0 Å². The van der Waals surface area contributed by atoms with E-state index >= 15 is 0 Å². The number of amides is 1. The van der Waals surface area contributed by atoms with Gasteiger partial charge in [-0.2, -0.15) is 0 Å². The molecule has 5 nitrogen and oxygen atoms in total. The Hall–Kier alpha value is -1.66. The average molecular weight is 527 g/mol.